The van der Waals surface area contributed by atoms with Gasteiger partial charge in [-0.05, 0) is 13.3 Å². The zero-order chi connectivity index (χ0) is 13.5. The molecule has 0 radical (unpaired) electrons. The first-order valence-electron chi connectivity index (χ1n) is 6.01. The van der Waals surface area contributed by atoms with Gasteiger partial charge in [0, 0.05) is 32.5 Å². The van der Waals surface area contributed by atoms with E-state index in [4.69, 9.17) is 4.52 Å². The fourth-order valence-corrected chi connectivity index (χ4v) is 1.56. The van der Waals surface area contributed by atoms with Gasteiger partial charge < -0.3 is 14.7 Å². The average molecular weight is 253 g/mol. The van der Waals surface area contributed by atoms with Crippen LogP contribution in [0.25, 0.3) is 0 Å². The highest BCUT2D eigenvalue weighted by molar-refractivity contribution is 5.90. The zero-order valence-electron chi connectivity index (χ0n) is 11.0. The standard InChI is InChI=1S/C12H19N3O3/c1-4-6-15(10(3)16)7-5-12(17)13-11-8-9(2)18-14-11/h8H,4-7H2,1-3H3,(H,13,14,17). The third kappa shape index (κ3) is 4.57. The van der Waals surface area contributed by atoms with E-state index in [0.717, 1.165) is 6.42 Å². The molecule has 1 heterocycles. The van der Waals surface area contributed by atoms with Crippen LogP contribution in [0.5, 0.6) is 0 Å². The molecule has 1 aromatic heterocycles. The lowest BCUT2D eigenvalue weighted by Crippen LogP contribution is -2.32. The van der Waals surface area contributed by atoms with Crippen molar-refractivity contribution < 1.29 is 14.1 Å². The molecule has 100 valence electrons. The Balaban J connectivity index is 2.38. The monoisotopic (exact) mass is 253 g/mol. The van der Waals surface area contributed by atoms with Crippen LogP contribution in [-0.2, 0) is 9.59 Å². The molecule has 0 unspecified atom stereocenters. The maximum absolute atomic E-state index is 11.6. The van der Waals surface area contributed by atoms with Crippen molar-refractivity contribution in [2.45, 2.75) is 33.6 Å². The van der Waals surface area contributed by atoms with Crippen molar-refractivity contribution in [1.82, 2.24) is 10.1 Å². The number of aryl methyl sites for hydroxylation is 1. The largest absolute Gasteiger partial charge is 0.360 e. The number of carbonyl (C=O) groups excluding carboxylic acids is 2. The molecule has 0 saturated carbocycles. The summed E-state index contributed by atoms with van der Waals surface area (Å²) in [6.45, 7) is 6.35. The highest BCUT2D eigenvalue weighted by Gasteiger charge is 2.11. The lowest BCUT2D eigenvalue weighted by atomic mass is 10.3. The van der Waals surface area contributed by atoms with E-state index in [1.165, 1.54) is 6.92 Å². The van der Waals surface area contributed by atoms with Crippen molar-refractivity contribution >= 4 is 17.6 Å². The summed E-state index contributed by atoms with van der Waals surface area (Å²) in [5.74, 6) is 0.858. The SMILES string of the molecule is CCCN(CCC(=O)Nc1cc(C)on1)C(C)=O. The van der Waals surface area contributed by atoms with Gasteiger partial charge in [0.05, 0.1) is 0 Å². The summed E-state index contributed by atoms with van der Waals surface area (Å²) in [7, 11) is 0. The third-order valence-corrected chi connectivity index (χ3v) is 2.44. The van der Waals surface area contributed by atoms with E-state index in [-0.39, 0.29) is 18.2 Å². The molecule has 0 spiro atoms. The number of aromatic nitrogens is 1. The molecule has 6 heteroatoms. The number of anilines is 1. The number of hydrogen-bond donors (Lipinski definition) is 1. The maximum Gasteiger partial charge on any atom is 0.227 e. The average Bonchev–Trinajstić information content (AvgIpc) is 2.69. The highest BCUT2D eigenvalue weighted by atomic mass is 16.5. The summed E-state index contributed by atoms with van der Waals surface area (Å²) in [4.78, 5) is 24.6. The number of amides is 2. The van der Waals surface area contributed by atoms with Crippen LogP contribution in [0.3, 0.4) is 0 Å². The van der Waals surface area contributed by atoms with Gasteiger partial charge in [0.25, 0.3) is 0 Å². The molecule has 0 aliphatic rings. The minimum atomic E-state index is -0.175. The Morgan fingerprint density at radius 3 is 2.67 bits per heavy atom. The first-order valence-corrected chi connectivity index (χ1v) is 6.01. The van der Waals surface area contributed by atoms with Gasteiger partial charge in [-0.2, -0.15) is 0 Å². The molecule has 0 bridgehead atoms. The van der Waals surface area contributed by atoms with Crippen molar-refractivity contribution in [3.05, 3.63) is 11.8 Å². The molecular weight excluding hydrogens is 234 g/mol. The van der Waals surface area contributed by atoms with Gasteiger partial charge in [0.1, 0.15) is 5.76 Å². The van der Waals surface area contributed by atoms with Crippen molar-refractivity contribution in [2.24, 2.45) is 0 Å². The van der Waals surface area contributed by atoms with Crippen LogP contribution >= 0.6 is 0 Å². The summed E-state index contributed by atoms with van der Waals surface area (Å²) in [6.07, 6.45) is 1.13. The molecule has 1 rings (SSSR count). The molecule has 0 aromatic carbocycles. The minimum absolute atomic E-state index is 0.0121. The predicted octanol–water partition coefficient (Wildman–Crippen LogP) is 1.57. The van der Waals surface area contributed by atoms with Crippen molar-refractivity contribution in [3.63, 3.8) is 0 Å². The summed E-state index contributed by atoms with van der Waals surface area (Å²) in [5, 5.41) is 6.28. The Hall–Kier alpha value is -1.85. The summed E-state index contributed by atoms with van der Waals surface area (Å²) in [5.41, 5.74) is 0. The second-order valence-electron chi connectivity index (χ2n) is 4.13. The van der Waals surface area contributed by atoms with Crippen molar-refractivity contribution in [2.75, 3.05) is 18.4 Å². The van der Waals surface area contributed by atoms with Crippen LogP contribution in [0.15, 0.2) is 10.6 Å². The normalized spacial score (nSPS) is 10.2. The molecule has 0 atom stereocenters. The first-order chi connectivity index (χ1) is 8.52. The Labute approximate surface area is 106 Å². The van der Waals surface area contributed by atoms with E-state index in [2.05, 4.69) is 10.5 Å². The third-order valence-electron chi connectivity index (χ3n) is 2.44. The summed E-state index contributed by atoms with van der Waals surface area (Å²) >= 11 is 0. The van der Waals surface area contributed by atoms with E-state index in [9.17, 15) is 9.59 Å². The molecule has 0 fully saturated rings. The Kier molecular flexibility index (Phi) is 5.35. The lowest BCUT2D eigenvalue weighted by Gasteiger charge is -2.19. The van der Waals surface area contributed by atoms with Crippen LogP contribution < -0.4 is 5.32 Å². The van der Waals surface area contributed by atoms with E-state index in [1.54, 1.807) is 17.9 Å². The van der Waals surface area contributed by atoms with Gasteiger partial charge in [0.2, 0.25) is 11.8 Å². The molecule has 18 heavy (non-hydrogen) atoms. The Morgan fingerprint density at radius 1 is 1.44 bits per heavy atom. The van der Waals surface area contributed by atoms with Crippen LogP contribution in [0, 0.1) is 6.92 Å². The number of rotatable bonds is 6. The second kappa shape index (κ2) is 6.78. The van der Waals surface area contributed by atoms with Crippen molar-refractivity contribution in [3.8, 4) is 0 Å². The maximum atomic E-state index is 11.6. The smallest absolute Gasteiger partial charge is 0.227 e. The quantitative estimate of drug-likeness (QED) is 0.835. The van der Waals surface area contributed by atoms with E-state index < -0.39 is 0 Å². The van der Waals surface area contributed by atoms with Gasteiger partial charge in [-0.3, -0.25) is 9.59 Å². The molecular formula is C12H19N3O3. The second-order valence-corrected chi connectivity index (χ2v) is 4.13. The lowest BCUT2D eigenvalue weighted by molar-refractivity contribution is -0.129. The molecule has 0 aliphatic heterocycles. The molecule has 2 amide bonds. The minimum Gasteiger partial charge on any atom is -0.360 e. The number of hydrogen-bond acceptors (Lipinski definition) is 4. The molecule has 1 aromatic rings. The molecule has 1 N–H and O–H groups in total. The molecule has 6 nitrogen and oxygen atoms in total. The number of carbonyl (C=O) groups is 2. The molecule has 0 aliphatic carbocycles. The topological polar surface area (TPSA) is 75.4 Å². The van der Waals surface area contributed by atoms with Crippen molar-refractivity contribution in [1.29, 1.82) is 0 Å². The fraction of sp³-hybridized carbons (Fsp3) is 0.583. The Bertz CT molecular complexity index is 414. The zero-order valence-corrected chi connectivity index (χ0v) is 11.0. The highest BCUT2D eigenvalue weighted by Crippen LogP contribution is 2.07. The summed E-state index contributed by atoms with van der Waals surface area (Å²) in [6, 6.07) is 1.65. The van der Waals surface area contributed by atoms with Crippen LogP contribution in [-0.4, -0.2) is 35.0 Å². The number of nitrogens with one attached hydrogen (secondary N) is 1. The van der Waals surface area contributed by atoms with E-state index in [1.807, 2.05) is 6.92 Å². The van der Waals surface area contributed by atoms with E-state index in [0.29, 0.717) is 24.7 Å². The van der Waals surface area contributed by atoms with Gasteiger partial charge in [0.15, 0.2) is 5.82 Å². The summed E-state index contributed by atoms with van der Waals surface area (Å²) < 4.78 is 4.84. The van der Waals surface area contributed by atoms with Gasteiger partial charge >= 0.3 is 0 Å². The van der Waals surface area contributed by atoms with E-state index >= 15 is 0 Å². The van der Waals surface area contributed by atoms with Crippen LogP contribution in [0.1, 0.15) is 32.4 Å². The first kappa shape index (κ1) is 14.2. The molecule has 0 saturated heterocycles. The predicted molar refractivity (Wildman–Crippen MR) is 67.0 cm³/mol. The van der Waals surface area contributed by atoms with Gasteiger partial charge in [-0.25, -0.2) is 0 Å². The Morgan fingerprint density at radius 2 is 2.17 bits per heavy atom. The van der Waals surface area contributed by atoms with Gasteiger partial charge in [-0.1, -0.05) is 12.1 Å². The van der Waals surface area contributed by atoms with Crippen LogP contribution in [0.2, 0.25) is 0 Å². The number of nitrogens with zero attached hydrogens (tertiary/aromatic N) is 2. The van der Waals surface area contributed by atoms with Crippen LogP contribution in [0.4, 0.5) is 5.82 Å². The fourth-order valence-electron chi connectivity index (χ4n) is 1.56. The van der Waals surface area contributed by atoms with Gasteiger partial charge in [-0.15, -0.1) is 0 Å².